The van der Waals surface area contributed by atoms with E-state index < -0.39 is 5.91 Å². The van der Waals surface area contributed by atoms with E-state index in [-0.39, 0.29) is 30.4 Å². The summed E-state index contributed by atoms with van der Waals surface area (Å²) in [5, 5.41) is 7.74. The maximum atomic E-state index is 12.0. The molecule has 0 saturated carbocycles. The number of aryl methyl sites for hydroxylation is 2. The van der Waals surface area contributed by atoms with E-state index in [9.17, 15) is 14.4 Å². The lowest BCUT2D eigenvalue weighted by Crippen LogP contribution is -2.47. The molecule has 0 aromatic heterocycles. The molecule has 0 aliphatic heterocycles. The standard InChI is InChI=1S/C17H25N3O3/c1-11-6-7-13(8-12(11)2)16(23)19-9-14(21)18-10-15(22)20-17(3,4)5/h6-8H,9-10H2,1-5H3,(H,18,21)(H,19,23)(H,20,22). The largest absolute Gasteiger partial charge is 0.350 e. The van der Waals surface area contributed by atoms with Crippen LogP contribution in [0.15, 0.2) is 18.2 Å². The van der Waals surface area contributed by atoms with E-state index >= 15 is 0 Å². The van der Waals surface area contributed by atoms with Crippen LogP contribution in [-0.2, 0) is 9.59 Å². The first-order chi connectivity index (χ1) is 10.6. The van der Waals surface area contributed by atoms with Gasteiger partial charge in [0.25, 0.3) is 5.91 Å². The highest BCUT2D eigenvalue weighted by atomic mass is 16.2. The zero-order valence-electron chi connectivity index (χ0n) is 14.4. The Morgan fingerprint density at radius 3 is 2.09 bits per heavy atom. The first-order valence-corrected chi connectivity index (χ1v) is 7.51. The third-order valence-corrected chi connectivity index (χ3v) is 3.14. The Balaban J connectivity index is 2.39. The van der Waals surface area contributed by atoms with E-state index in [1.54, 1.807) is 12.1 Å². The van der Waals surface area contributed by atoms with Crippen LogP contribution in [0.3, 0.4) is 0 Å². The molecule has 0 fully saturated rings. The molecule has 0 bridgehead atoms. The number of amides is 3. The predicted octanol–water partition coefficient (Wildman–Crippen LogP) is 1.06. The van der Waals surface area contributed by atoms with E-state index in [0.717, 1.165) is 11.1 Å². The summed E-state index contributed by atoms with van der Waals surface area (Å²) in [6, 6.07) is 5.35. The molecule has 1 aromatic carbocycles. The molecule has 23 heavy (non-hydrogen) atoms. The number of carbonyl (C=O) groups excluding carboxylic acids is 3. The summed E-state index contributed by atoms with van der Waals surface area (Å²) >= 11 is 0. The van der Waals surface area contributed by atoms with Gasteiger partial charge in [0, 0.05) is 11.1 Å². The molecule has 126 valence electrons. The quantitative estimate of drug-likeness (QED) is 0.758. The molecule has 1 aromatic rings. The molecule has 0 aliphatic rings. The Morgan fingerprint density at radius 2 is 1.52 bits per heavy atom. The summed E-state index contributed by atoms with van der Waals surface area (Å²) in [7, 11) is 0. The van der Waals surface area contributed by atoms with E-state index in [4.69, 9.17) is 0 Å². The highest BCUT2D eigenvalue weighted by Gasteiger charge is 2.14. The van der Waals surface area contributed by atoms with Crippen LogP contribution >= 0.6 is 0 Å². The molecule has 0 spiro atoms. The van der Waals surface area contributed by atoms with Crippen LogP contribution < -0.4 is 16.0 Å². The van der Waals surface area contributed by atoms with Gasteiger partial charge in [0.2, 0.25) is 11.8 Å². The maximum absolute atomic E-state index is 12.0. The highest BCUT2D eigenvalue weighted by Crippen LogP contribution is 2.09. The van der Waals surface area contributed by atoms with Crippen LogP contribution in [-0.4, -0.2) is 36.3 Å². The van der Waals surface area contributed by atoms with Crippen molar-refractivity contribution in [3.8, 4) is 0 Å². The molecule has 6 nitrogen and oxygen atoms in total. The minimum Gasteiger partial charge on any atom is -0.350 e. The minimum absolute atomic E-state index is 0.115. The van der Waals surface area contributed by atoms with Crippen molar-refractivity contribution in [1.29, 1.82) is 0 Å². The minimum atomic E-state index is -0.411. The smallest absolute Gasteiger partial charge is 0.251 e. The van der Waals surface area contributed by atoms with Gasteiger partial charge in [-0.25, -0.2) is 0 Å². The summed E-state index contributed by atoms with van der Waals surface area (Å²) in [4.78, 5) is 35.2. The van der Waals surface area contributed by atoms with Crippen molar-refractivity contribution in [3.63, 3.8) is 0 Å². The Morgan fingerprint density at radius 1 is 0.913 bits per heavy atom. The first kappa shape index (κ1) is 18.7. The van der Waals surface area contributed by atoms with E-state index in [0.29, 0.717) is 5.56 Å². The Labute approximate surface area is 137 Å². The van der Waals surface area contributed by atoms with Crippen molar-refractivity contribution in [3.05, 3.63) is 34.9 Å². The lowest BCUT2D eigenvalue weighted by molar-refractivity contribution is -0.126. The van der Waals surface area contributed by atoms with Crippen molar-refractivity contribution in [2.75, 3.05) is 13.1 Å². The van der Waals surface area contributed by atoms with Crippen LogP contribution in [0, 0.1) is 13.8 Å². The summed E-state index contributed by atoms with van der Waals surface area (Å²) in [5.41, 5.74) is 2.27. The van der Waals surface area contributed by atoms with Gasteiger partial charge in [-0.2, -0.15) is 0 Å². The molecule has 1 rings (SSSR count). The van der Waals surface area contributed by atoms with Crippen LogP contribution in [0.25, 0.3) is 0 Å². The molecular weight excluding hydrogens is 294 g/mol. The summed E-state index contributed by atoms with van der Waals surface area (Å²) in [5.74, 6) is -1.00. The molecule has 0 unspecified atom stereocenters. The molecule has 0 atom stereocenters. The van der Waals surface area contributed by atoms with Gasteiger partial charge in [-0.05, 0) is 57.9 Å². The SMILES string of the molecule is Cc1ccc(C(=O)NCC(=O)NCC(=O)NC(C)(C)C)cc1C. The number of hydrogen-bond acceptors (Lipinski definition) is 3. The molecule has 0 saturated heterocycles. The average molecular weight is 319 g/mol. The number of benzene rings is 1. The number of hydrogen-bond donors (Lipinski definition) is 3. The molecule has 0 radical (unpaired) electrons. The van der Waals surface area contributed by atoms with Gasteiger partial charge < -0.3 is 16.0 Å². The Kier molecular flexibility index (Phi) is 6.30. The lowest BCUT2D eigenvalue weighted by atomic mass is 10.1. The van der Waals surface area contributed by atoms with E-state index in [1.807, 2.05) is 40.7 Å². The third-order valence-electron chi connectivity index (χ3n) is 3.14. The lowest BCUT2D eigenvalue weighted by Gasteiger charge is -2.20. The van der Waals surface area contributed by atoms with Crippen molar-refractivity contribution in [1.82, 2.24) is 16.0 Å². The van der Waals surface area contributed by atoms with Crippen molar-refractivity contribution in [2.24, 2.45) is 0 Å². The van der Waals surface area contributed by atoms with Crippen LogP contribution in [0.5, 0.6) is 0 Å². The van der Waals surface area contributed by atoms with E-state index in [1.165, 1.54) is 0 Å². The average Bonchev–Trinajstić information content (AvgIpc) is 2.43. The van der Waals surface area contributed by atoms with Crippen molar-refractivity contribution >= 4 is 17.7 Å². The second kappa shape index (κ2) is 7.76. The fraction of sp³-hybridized carbons (Fsp3) is 0.471. The summed E-state index contributed by atoms with van der Waals surface area (Å²) < 4.78 is 0. The van der Waals surface area contributed by atoms with Gasteiger partial charge in [-0.15, -0.1) is 0 Å². The van der Waals surface area contributed by atoms with E-state index in [2.05, 4.69) is 16.0 Å². The monoisotopic (exact) mass is 319 g/mol. The zero-order valence-corrected chi connectivity index (χ0v) is 14.4. The van der Waals surface area contributed by atoms with Gasteiger partial charge >= 0.3 is 0 Å². The molecule has 6 heteroatoms. The normalized spacial score (nSPS) is 10.8. The van der Waals surface area contributed by atoms with Crippen LogP contribution in [0.4, 0.5) is 0 Å². The van der Waals surface area contributed by atoms with Gasteiger partial charge in [0.15, 0.2) is 0 Å². The fourth-order valence-corrected chi connectivity index (χ4v) is 1.85. The summed E-state index contributed by atoms with van der Waals surface area (Å²) in [6.45, 7) is 9.17. The van der Waals surface area contributed by atoms with Crippen LogP contribution in [0.1, 0.15) is 42.3 Å². The maximum Gasteiger partial charge on any atom is 0.251 e. The second-order valence-electron chi connectivity index (χ2n) is 6.56. The second-order valence-corrected chi connectivity index (χ2v) is 6.56. The predicted molar refractivity (Wildman–Crippen MR) is 89.2 cm³/mol. The Hall–Kier alpha value is -2.37. The molecular formula is C17H25N3O3. The molecule has 0 aliphatic carbocycles. The summed E-state index contributed by atoms with van der Waals surface area (Å²) in [6.07, 6.45) is 0. The number of rotatable bonds is 5. The first-order valence-electron chi connectivity index (χ1n) is 7.51. The van der Waals surface area contributed by atoms with Crippen molar-refractivity contribution < 1.29 is 14.4 Å². The topological polar surface area (TPSA) is 87.3 Å². The molecule has 3 amide bonds. The Bertz CT molecular complexity index is 604. The molecule has 0 heterocycles. The van der Waals surface area contributed by atoms with Gasteiger partial charge in [0.1, 0.15) is 0 Å². The van der Waals surface area contributed by atoms with Gasteiger partial charge in [-0.3, -0.25) is 14.4 Å². The fourth-order valence-electron chi connectivity index (χ4n) is 1.85. The molecule has 3 N–H and O–H groups in total. The van der Waals surface area contributed by atoms with Crippen molar-refractivity contribution in [2.45, 2.75) is 40.2 Å². The highest BCUT2D eigenvalue weighted by molar-refractivity contribution is 5.97. The number of carbonyl (C=O) groups is 3. The zero-order chi connectivity index (χ0) is 17.6. The van der Waals surface area contributed by atoms with Gasteiger partial charge in [0.05, 0.1) is 13.1 Å². The number of nitrogens with one attached hydrogen (secondary N) is 3. The third kappa shape index (κ3) is 6.95. The van der Waals surface area contributed by atoms with Gasteiger partial charge in [-0.1, -0.05) is 6.07 Å². The van der Waals surface area contributed by atoms with Crippen LogP contribution in [0.2, 0.25) is 0 Å².